The summed E-state index contributed by atoms with van der Waals surface area (Å²) in [6.07, 6.45) is 0.334. The Morgan fingerprint density at radius 1 is 1.53 bits per heavy atom. The standard InChI is InChI=1S/C10H11ClO4/c1-15-8-5-6(2-3-9(13)14)4-7(12)10(8)11/h4-5,12H,2-3H2,1H3,(H,13,14). The average Bonchev–Trinajstić information content (AvgIpc) is 2.19. The van der Waals surface area contributed by atoms with Gasteiger partial charge in [-0.2, -0.15) is 0 Å². The average molecular weight is 231 g/mol. The first-order chi connectivity index (χ1) is 7.04. The molecule has 0 saturated heterocycles. The van der Waals surface area contributed by atoms with E-state index in [0.717, 1.165) is 0 Å². The first kappa shape index (κ1) is 11.7. The molecule has 0 aliphatic carbocycles. The minimum atomic E-state index is -0.886. The molecule has 0 heterocycles. The molecule has 1 rings (SSSR count). The van der Waals surface area contributed by atoms with Crippen LogP contribution in [0.15, 0.2) is 12.1 Å². The Balaban J connectivity index is 2.90. The fraction of sp³-hybridized carbons (Fsp3) is 0.300. The molecule has 1 aromatic carbocycles. The largest absolute Gasteiger partial charge is 0.506 e. The number of aryl methyl sites for hydroxylation is 1. The van der Waals surface area contributed by atoms with Crippen LogP contribution in [0, 0.1) is 0 Å². The number of phenolic OH excluding ortho intramolecular Hbond substituents is 1. The highest BCUT2D eigenvalue weighted by Gasteiger charge is 2.09. The Labute approximate surface area is 92.1 Å². The maximum atomic E-state index is 10.4. The van der Waals surface area contributed by atoms with E-state index in [4.69, 9.17) is 21.4 Å². The molecule has 0 unspecified atom stereocenters. The molecule has 2 N–H and O–H groups in total. The number of ether oxygens (including phenoxy) is 1. The quantitative estimate of drug-likeness (QED) is 0.831. The van der Waals surface area contributed by atoms with Crippen LogP contribution in [0.4, 0.5) is 0 Å². The van der Waals surface area contributed by atoms with Crippen molar-refractivity contribution in [3.8, 4) is 11.5 Å². The lowest BCUT2D eigenvalue weighted by Gasteiger charge is -2.07. The predicted octanol–water partition coefficient (Wildman–Crippen LogP) is 2.07. The van der Waals surface area contributed by atoms with Gasteiger partial charge < -0.3 is 14.9 Å². The highest BCUT2D eigenvalue weighted by molar-refractivity contribution is 6.33. The van der Waals surface area contributed by atoms with Gasteiger partial charge in [0.1, 0.15) is 16.5 Å². The fourth-order valence-corrected chi connectivity index (χ4v) is 1.37. The van der Waals surface area contributed by atoms with Gasteiger partial charge in [0.25, 0.3) is 0 Å². The lowest BCUT2D eigenvalue weighted by molar-refractivity contribution is -0.136. The molecule has 0 saturated carbocycles. The number of carbonyl (C=O) groups is 1. The fourth-order valence-electron chi connectivity index (χ4n) is 1.18. The summed E-state index contributed by atoms with van der Waals surface area (Å²) in [7, 11) is 1.43. The third-order valence-electron chi connectivity index (χ3n) is 1.93. The Kier molecular flexibility index (Phi) is 3.80. The first-order valence-corrected chi connectivity index (χ1v) is 4.69. The summed E-state index contributed by atoms with van der Waals surface area (Å²) < 4.78 is 4.93. The molecule has 5 heteroatoms. The van der Waals surface area contributed by atoms with Crippen molar-refractivity contribution in [3.05, 3.63) is 22.7 Å². The second-order valence-electron chi connectivity index (χ2n) is 3.02. The maximum Gasteiger partial charge on any atom is 0.303 e. The van der Waals surface area contributed by atoms with Crippen LogP contribution in [-0.4, -0.2) is 23.3 Å². The van der Waals surface area contributed by atoms with Gasteiger partial charge >= 0.3 is 5.97 Å². The number of hydrogen-bond acceptors (Lipinski definition) is 3. The van der Waals surface area contributed by atoms with E-state index < -0.39 is 5.97 Å². The molecule has 0 amide bonds. The third kappa shape index (κ3) is 3.02. The smallest absolute Gasteiger partial charge is 0.303 e. The number of aliphatic carboxylic acids is 1. The van der Waals surface area contributed by atoms with E-state index in [0.29, 0.717) is 17.7 Å². The van der Waals surface area contributed by atoms with Gasteiger partial charge in [0.2, 0.25) is 0 Å². The van der Waals surface area contributed by atoms with E-state index in [1.54, 1.807) is 6.07 Å². The predicted molar refractivity (Wildman–Crippen MR) is 55.6 cm³/mol. The molecule has 0 aromatic heterocycles. The van der Waals surface area contributed by atoms with Gasteiger partial charge in [0, 0.05) is 6.42 Å². The molecule has 15 heavy (non-hydrogen) atoms. The van der Waals surface area contributed by atoms with Crippen molar-refractivity contribution >= 4 is 17.6 Å². The Morgan fingerprint density at radius 3 is 2.73 bits per heavy atom. The minimum Gasteiger partial charge on any atom is -0.506 e. The zero-order valence-electron chi connectivity index (χ0n) is 8.16. The summed E-state index contributed by atoms with van der Waals surface area (Å²) >= 11 is 5.74. The molecule has 0 radical (unpaired) electrons. The maximum absolute atomic E-state index is 10.4. The number of halogens is 1. The number of benzene rings is 1. The van der Waals surface area contributed by atoms with Gasteiger partial charge in [0.15, 0.2) is 0 Å². The van der Waals surface area contributed by atoms with Crippen LogP contribution in [0.3, 0.4) is 0 Å². The molecule has 0 aliphatic rings. The van der Waals surface area contributed by atoms with Crippen molar-refractivity contribution in [2.24, 2.45) is 0 Å². The summed E-state index contributed by atoms with van der Waals surface area (Å²) in [6, 6.07) is 3.05. The number of aromatic hydroxyl groups is 1. The number of rotatable bonds is 4. The van der Waals surface area contributed by atoms with Crippen molar-refractivity contribution in [2.75, 3.05) is 7.11 Å². The van der Waals surface area contributed by atoms with Crippen LogP contribution in [0.1, 0.15) is 12.0 Å². The molecular formula is C10H11ClO4. The summed E-state index contributed by atoms with van der Waals surface area (Å²) in [5.41, 5.74) is 0.677. The van der Waals surface area contributed by atoms with E-state index >= 15 is 0 Å². The molecule has 4 nitrogen and oxygen atoms in total. The Morgan fingerprint density at radius 2 is 2.20 bits per heavy atom. The van der Waals surface area contributed by atoms with Gasteiger partial charge in [-0.15, -0.1) is 0 Å². The first-order valence-electron chi connectivity index (χ1n) is 4.31. The molecule has 0 aliphatic heterocycles. The topological polar surface area (TPSA) is 66.8 Å². The zero-order chi connectivity index (χ0) is 11.4. The summed E-state index contributed by atoms with van der Waals surface area (Å²) in [5, 5.41) is 18.1. The second kappa shape index (κ2) is 4.89. The van der Waals surface area contributed by atoms with Crippen LogP contribution < -0.4 is 4.74 Å². The monoisotopic (exact) mass is 230 g/mol. The SMILES string of the molecule is COc1cc(CCC(=O)O)cc(O)c1Cl. The van der Waals surface area contributed by atoms with Gasteiger partial charge in [-0.3, -0.25) is 4.79 Å². The Bertz CT molecular complexity index is 376. The number of carboxylic acids is 1. The van der Waals surface area contributed by atoms with E-state index in [1.807, 2.05) is 0 Å². The van der Waals surface area contributed by atoms with Crippen LogP contribution in [-0.2, 0) is 11.2 Å². The Hall–Kier alpha value is -1.42. The van der Waals surface area contributed by atoms with Crippen LogP contribution in [0.5, 0.6) is 11.5 Å². The van der Waals surface area contributed by atoms with Crippen molar-refractivity contribution in [1.29, 1.82) is 0 Å². The number of phenols is 1. The van der Waals surface area contributed by atoms with Crippen molar-refractivity contribution in [3.63, 3.8) is 0 Å². The van der Waals surface area contributed by atoms with Gasteiger partial charge in [-0.05, 0) is 24.1 Å². The van der Waals surface area contributed by atoms with E-state index in [1.165, 1.54) is 13.2 Å². The van der Waals surface area contributed by atoms with Gasteiger partial charge in [0.05, 0.1) is 7.11 Å². The molecule has 0 bridgehead atoms. The van der Waals surface area contributed by atoms with Crippen molar-refractivity contribution < 1.29 is 19.7 Å². The van der Waals surface area contributed by atoms with Gasteiger partial charge in [-0.25, -0.2) is 0 Å². The normalized spacial score (nSPS) is 10.0. The molecular weight excluding hydrogens is 220 g/mol. The van der Waals surface area contributed by atoms with Crippen LogP contribution in [0.2, 0.25) is 5.02 Å². The van der Waals surface area contributed by atoms with Crippen molar-refractivity contribution in [1.82, 2.24) is 0 Å². The van der Waals surface area contributed by atoms with Crippen LogP contribution >= 0.6 is 11.6 Å². The molecule has 0 atom stereocenters. The van der Waals surface area contributed by atoms with Crippen molar-refractivity contribution in [2.45, 2.75) is 12.8 Å². The third-order valence-corrected chi connectivity index (χ3v) is 2.31. The van der Waals surface area contributed by atoms with E-state index in [9.17, 15) is 9.90 Å². The number of carboxylic acid groups (broad SMARTS) is 1. The summed E-state index contributed by atoms with van der Waals surface area (Å²) in [6.45, 7) is 0. The minimum absolute atomic E-state index is 0.00419. The molecule has 0 fully saturated rings. The van der Waals surface area contributed by atoms with E-state index in [2.05, 4.69) is 0 Å². The van der Waals surface area contributed by atoms with Gasteiger partial charge in [-0.1, -0.05) is 11.6 Å². The molecule has 82 valence electrons. The summed E-state index contributed by atoms with van der Waals surface area (Å²) in [5.74, 6) is -0.642. The highest BCUT2D eigenvalue weighted by atomic mass is 35.5. The lowest BCUT2D eigenvalue weighted by atomic mass is 10.1. The number of methoxy groups -OCH3 is 1. The second-order valence-corrected chi connectivity index (χ2v) is 3.40. The zero-order valence-corrected chi connectivity index (χ0v) is 8.91. The molecule has 1 aromatic rings. The highest BCUT2D eigenvalue weighted by Crippen LogP contribution is 2.34. The molecule has 0 spiro atoms. The number of hydrogen-bond donors (Lipinski definition) is 2. The van der Waals surface area contributed by atoms with E-state index in [-0.39, 0.29) is 17.2 Å². The van der Waals surface area contributed by atoms with Crippen LogP contribution in [0.25, 0.3) is 0 Å². The lowest BCUT2D eigenvalue weighted by Crippen LogP contribution is -1.98. The summed E-state index contributed by atoms with van der Waals surface area (Å²) in [4.78, 5) is 10.4.